The highest BCUT2D eigenvalue weighted by Crippen LogP contribution is 2.17. The molecule has 1 amide bonds. The Morgan fingerprint density at radius 2 is 2.25 bits per heavy atom. The molecule has 2 aromatic heterocycles. The Labute approximate surface area is 116 Å². The monoisotopic (exact) mass is 275 g/mol. The van der Waals surface area contributed by atoms with Gasteiger partial charge in [-0.05, 0) is 6.92 Å². The van der Waals surface area contributed by atoms with E-state index in [9.17, 15) is 4.79 Å². The highest BCUT2D eigenvalue weighted by atomic mass is 16.5. The average Bonchev–Trinajstić information content (AvgIpc) is 2.92. The van der Waals surface area contributed by atoms with Gasteiger partial charge >= 0.3 is 0 Å². The largest absolute Gasteiger partial charge is 0.382 e. The lowest BCUT2D eigenvalue weighted by molar-refractivity contribution is 0.102. The van der Waals surface area contributed by atoms with E-state index in [2.05, 4.69) is 30.3 Å². The van der Waals surface area contributed by atoms with Crippen LogP contribution in [0.2, 0.25) is 0 Å². The number of aromatic nitrogens is 3. The number of carbonyl (C=O) groups excluding carboxylic acids is 1. The van der Waals surface area contributed by atoms with Crippen LogP contribution in [0.5, 0.6) is 0 Å². The Morgan fingerprint density at radius 1 is 1.45 bits per heavy atom. The van der Waals surface area contributed by atoms with Crippen molar-refractivity contribution in [2.45, 2.75) is 26.7 Å². The molecule has 0 bridgehead atoms. The first-order valence-corrected chi connectivity index (χ1v) is 6.44. The van der Waals surface area contributed by atoms with E-state index in [1.165, 1.54) is 6.26 Å². The summed E-state index contributed by atoms with van der Waals surface area (Å²) in [7, 11) is 0. The molecule has 20 heavy (non-hydrogen) atoms. The van der Waals surface area contributed by atoms with Crippen LogP contribution in [0.3, 0.4) is 0 Å². The first-order chi connectivity index (χ1) is 9.61. The standard InChI is InChI=1S/C13H17N5O2/c1-4-14-9-7-15-12(8(2)3)17-11(9)13(19)16-10-5-6-20-18-10/h5-8,14H,4H2,1-3H3,(H,16,18,19). The fourth-order valence-electron chi connectivity index (χ4n) is 1.62. The van der Waals surface area contributed by atoms with E-state index >= 15 is 0 Å². The molecule has 7 nitrogen and oxygen atoms in total. The number of hydrogen-bond donors (Lipinski definition) is 2. The van der Waals surface area contributed by atoms with Crippen LogP contribution in [0.1, 0.15) is 43.0 Å². The number of hydrogen-bond acceptors (Lipinski definition) is 6. The molecular weight excluding hydrogens is 258 g/mol. The van der Waals surface area contributed by atoms with Crippen LogP contribution in [0.25, 0.3) is 0 Å². The minimum absolute atomic E-state index is 0.143. The lowest BCUT2D eigenvalue weighted by atomic mass is 10.2. The van der Waals surface area contributed by atoms with Gasteiger partial charge in [-0.15, -0.1) is 0 Å². The quantitative estimate of drug-likeness (QED) is 0.869. The second kappa shape index (κ2) is 6.14. The lowest BCUT2D eigenvalue weighted by Crippen LogP contribution is -2.18. The third kappa shape index (κ3) is 3.11. The maximum absolute atomic E-state index is 12.3. The number of carbonyl (C=O) groups is 1. The van der Waals surface area contributed by atoms with Crippen molar-refractivity contribution in [3.63, 3.8) is 0 Å². The Kier molecular flexibility index (Phi) is 4.29. The molecule has 0 aliphatic heterocycles. The summed E-state index contributed by atoms with van der Waals surface area (Å²) in [6.45, 7) is 6.56. The predicted molar refractivity (Wildman–Crippen MR) is 74.7 cm³/mol. The number of amides is 1. The van der Waals surface area contributed by atoms with E-state index in [-0.39, 0.29) is 11.8 Å². The van der Waals surface area contributed by atoms with Crippen molar-refractivity contribution in [3.05, 3.63) is 30.0 Å². The molecule has 0 atom stereocenters. The van der Waals surface area contributed by atoms with E-state index in [1.807, 2.05) is 20.8 Å². The summed E-state index contributed by atoms with van der Waals surface area (Å²) in [4.78, 5) is 20.8. The van der Waals surface area contributed by atoms with Crippen molar-refractivity contribution < 1.29 is 9.32 Å². The van der Waals surface area contributed by atoms with Crippen molar-refractivity contribution in [3.8, 4) is 0 Å². The molecule has 7 heteroatoms. The number of nitrogens with one attached hydrogen (secondary N) is 2. The first-order valence-electron chi connectivity index (χ1n) is 6.44. The van der Waals surface area contributed by atoms with Gasteiger partial charge in [-0.2, -0.15) is 0 Å². The first kappa shape index (κ1) is 14.0. The Bertz CT molecular complexity index is 580. The summed E-state index contributed by atoms with van der Waals surface area (Å²) in [5.74, 6) is 0.766. The maximum atomic E-state index is 12.3. The van der Waals surface area contributed by atoms with Crippen LogP contribution in [-0.2, 0) is 0 Å². The van der Waals surface area contributed by atoms with Gasteiger partial charge in [0.15, 0.2) is 11.5 Å². The van der Waals surface area contributed by atoms with E-state index in [0.29, 0.717) is 29.6 Å². The van der Waals surface area contributed by atoms with Crippen LogP contribution in [-0.4, -0.2) is 27.6 Å². The molecule has 0 aromatic carbocycles. The molecular formula is C13H17N5O2. The summed E-state index contributed by atoms with van der Waals surface area (Å²) in [6.07, 6.45) is 3.02. The summed E-state index contributed by atoms with van der Waals surface area (Å²) in [5, 5.41) is 9.35. The molecule has 106 valence electrons. The Balaban J connectivity index is 2.30. The maximum Gasteiger partial charge on any atom is 0.277 e. The normalized spacial score (nSPS) is 10.6. The highest BCUT2D eigenvalue weighted by molar-refractivity contribution is 6.05. The topological polar surface area (TPSA) is 92.9 Å². The van der Waals surface area contributed by atoms with Gasteiger partial charge in [0.05, 0.1) is 11.9 Å². The van der Waals surface area contributed by atoms with Crippen LogP contribution in [0.4, 0.5) is 11.5 Å². The van der Waals surface area contributed by atoms with Gasteiger partial charge in [0.1, 0.15) is 12.1 Å². The molecule has 2 N–H and O–H groups in total. The lowest BCUT2D eigenvalue weighted by Gasteiger charge is -2.11. The number of anilines is 2. The molecule has 0 radical (unpaired) electrons. The SMILES string of the molecule is CCNc1cnc(C(C)C)nc1C(=O)Nc1ccon1. The zero-order valence-electron chi connectivity index (χ0n) is 11.7. The van der Waals surface area contributed by atoms with E-state index in [1.54, 1.807) is 12.3 Å². The van der Waals surface area contributed by atoms with Gasteiger partial charge in [0, 0.05) is 18.5 Å². The zero-order valence-corrected chi connectivity index (χ0v) is 11.7. The summed E-state index contributed by atoms with van der Waals surface area (Å²) >= 11 is 0. The minimum atomic E-state index is -0.348. The Morgan fingerprint density at radius 3 is 2.85 bits per heavy atom. The third-order valence-corrected chi connectivity index (χ3v) is 2.59. The summed E-state index contributed by atoms with van der Waals surface area (Å²) < 4.78 is 4.68. The van der Waals surface area contributed by atoms with Crippen molar-refractivity contribution >= 4 is 17.4 Å². The molecule has 0 aliphatic rings. The molecule has 0 aliphatic carbocycles. The van der Waals surface area contributed by atoms with Gasteiger partial charge in [0.2, 0.25) is 0 Å². The van der Waals surface area contributed by atoms with Gasteiger partial charge in [-0.3, -0.25) is 4.79 Å². The third-order valence-electron chi connectivity index (χ3n) is 2.59. The molecule has 0 saturated heterocycles. The second-order valence-electron chi connectivity index (χ2n) is 4.51. The van der Waals surface area contributed by atoms with Crippen molar-refractivity contribution in [1.82, 2.24) is 15.1 Å². The van der Waals surface area contributed by atoms with Crippen LogP contribution >= 0.6 is 0 Å². The molecule has 0 fully saturated rings. The van der Waals surface area contributed by atoms with Gasteiger partial charge in [-0.1, -0.05) is 19.0 Å². The molecule has 0 saturated carbocycles. The van der Waals surface area contributed by atoms with E-state index in [4.69, 9.17) is 0 Å². The second-order valence-corrected chi connectivity index (χ2v) is 4.51. The van der Waals surface area contributed by atoms with E-state index in [0.717, 1.165) is 0 Å². The molecule has 2 rings (SSSR count). The van der Waals surface area contributed by atoms with Crippen molar-refractivity contribution in [1.29, 1.82) is 0 Å². The molecule has 0 spiro atoms. The predicted octanol–water partition coefficient (Wildman–Crippen LogP) is 2.27. The Hall–Kier alpha value is -2.44. The molecule has 2 aromatic rings. The molecule has 2 heterocycles. The fraction of sp³-hybridized carbons (Fsp3) is 0.385. The van der Waals surface area contributed by atoms with Crippen LogP contribution in [0, 0.1) is 0 Å². The van der Waals surface area contributed by atoms with Crippen LogP contribution in [0.15, 0.2) is 23.0 Å². The fourth-order valence-corrected chi connectivity index (χ4v) is 1.62. The van der Waals surface area contributed by atoms with Gasteiger partial charge in [-0.25, -0.2) is 9.97 Å². The number of nitrogens with zero attached hydrogens (tertiary/aromatic N) is 3. The van der Waals surface area contributed by atoms with Crippen molar-refractivity contribution in [2.75, 3.05) is 17.2 Å². The van der Waals surface area contributed by atoms with E-state index < -0.39 is 0 Å². The van der Waals surface area contributed by atoms with Crippen LogP contribution < -0.4 is 10.6 Å². The average molecular weight is 275 g/mol. The van der Waals surface area contributed by atoms with Gasteiger partial charge in [0.25, 0.3) is 5.91 Å². The highest BCUT2D eigenvalue weighted by Gasteiger charge is 2.17. The summed E-state index contributed by atoms with van der Waals surface area (Å²) in [6, 6.07) is 1.56. The molecule has 0 unspecified atom stereocenters. The zero-order chi connectivity index (χ0) is 14.5. The van der Waals surface area contributed by atoms with Crippen molar-refractivity contribution in [2.24, 2.45) is 0 Å². The smallest absolute Gasteiger partial charge is 0.277 e. The van der Waals surface area contributed by atoms with Gasteiger partial charge < -0.3 is 15.2 Å². The minimum Gasteiger partial charge on any atom is -0.382 e. The number of rotatable bonds is 5. The summed E-state index contributed by atoms with van der Waals surface area (Å²) in [5.41, 5.74) is 0.895.